The molecule has 0 bridgehead atoms. The van der Waals surface area contributed by atoms with E-state index in [1.807, 2.05) is 20.8 Å². The van der Waals surface area contributed by atoms with Crippen LogP contribution in [0, 0.1) is 11.8 Å². The maximum absolute atomic E-state index is 12.4. The lowest BCUT2D eigenvalue weighted by molar-refractivity contribution is -0.144. The zero-order valence-corrected chi connectivity index (χ0v) is 14.1. The lowest BCUT2D eigenvalue weighted by Crippen LogP contribution is -2.36. The predicted molar refractivity (Wildman–Crippen MR) is 82.6 cm³/mol. The summed E-state index contributed by atoms with van der Waals surface area (Å²) in [6.45, 7) is 7.74. The molecule has 7 heteroatoms. The van der Waals surface area contributed by atoms with Crippen LogP contribution in [0.25, 0.3) is 0 Å². The van der Waals surface area contributed by atoms with Crippen molar-refractivity contribution in [2.75, 3.05) is 0 Å². The Hall–Kier alpha value is -1.92. The number of amides is 1. The molecule has 1 aromatic heterocycles. The summed E-state index contributed by atoms with van der Waals surface area (Å²) in [4.78, 5) is 27.8. The highest BCUT2D eigenvalue weighted by atomic mass is 16.5. The average Bonchev–Trinajstić information content (AvgIpc) is 2.97. The molecule has 1 heterocycles. The van der Waals surface area contributed by atoms with E-state index < -0.39 is 17.9 Å². The monoisotopic (exact) mass is 323 g/mol. The average molecular weight is 323 g/mol. The number of hydrogen-bond acceptors (Lipinski definition) is 5. The Kier molecular flexibility index (Phi) is 5.06. The third-order valence-corrected chi connectivity index (χ3v) is 4.24. The second-order valence-electron chi connectivity index (χ2n) is 7.34. The number of carbonyl (C=O) groups is 2. The lowest BCUT2D eigenvalue weighted by Gasteiger charge is -2.26. The number of nitrogens with zero attached hydrogens (tertiary/aromatic N) is 2. The minimum atomic E-state index is -0.817. The van der Waals surface area contributed by atoms with Gasteiger partial charge in [0.2, 0.25) is 11.8 Å². The summed E-state index contributed by atoms with van der Waals surface area (Å²) in [7, 11) is 0. The van der Waals surface area contributed by atoms with E-state index in [0.29, 0.717) is 24.6 Å². The molecule has 3 atom stereocenters. The van der Waals surface area contributed by atoms with Crippen LogP contribution >= 0.6 is 0 Å². The van der Waals surface area contributed by atoms with Crippen molar-refractivity contribution in [3.05, 3.63) is 11.7 Å². The number of hydrogen-bond donors (Lipinski definition) is 2. The fourth-order valence-electron chi connectivity index (χ4n) is 2.76. The predicted octanol–water partition coefficient (Wildman–Crippen LogP) is 2.44. The van der Waals surface area contributed by atoms with Gasteiger partial charge < -0.3 is 14.9 Å². The second kappa shape index (κ2) is 6.68. The molecule has 2 N–H and O–H groups in total. The molecule has 0 saturated heterocycles. The molecular formula is C16H25N3O4. The molecule has 1 aliphatic carbocycles. The standard InChI is InChI=1S/C16H25N3O4/c1-9(13-18-15(19-23-13)16(2,3)4)17-12(20)10-6-5-7-11(8-10)14(21)22/h9-11H,5-8H2,1-4H3,(H,17,20)(H,21,22). The first-order chi connectivity index (χ1) is 10.7. The summed E-state index contributed by atoms with van der Waals surface area (Å²) in [6, 6.07) is -0.392. The van der Waals surface area contributed by atoms with E-state index in [-0.39, 0.29) is 17.2 Å². The van der Waals surface area contributed by atoms with E-state index in [0.717, 1.165) is 12.8 Å². The molecule has 2 rings (SSSR count). The molecule has 128 valence electrons. The van der Waals surface area contributed by atoms with Gasteiger partial charge in [-0.25, -0.2) is 0 Å². The maximum atomic E-state index is 12.4. The molecule has 1 aromatic rings. The van der Waals surface area contributed by atoms with Gasteiger partial charge in [0.1, 0.15) is 6.04 Å². The van der Waals surface area contributed by atoms with E-state index in [4.69, 9.17) is 9.63 Å². The lowest BCUT2D eigenvalue weighted by atomic mass is 9.81. The van der Waals surface area contributed by atoms with Crippen molar-refractivity contribution >= 4 is 11.9 Å². The smallest absolute Gasteiger partial charge is 0.306 e. The van der Waals surface area contributed by atoms with E-state index in [9.17, 15) is 9.59 Å². The fourth-order valence-corrected chi connectivity index (χ4v) is 2.76. The highest BCUT2D eigenvalue weighted by Crippen LogP contribution is 2.30. The number of rotatable bonds is 4. The van der Waals surface area contributed by atoms with Crippen molar-refractivity contribution in [3.8, 4) is 0 Å². The number of aliphatic carboxylic acids is 1. The number of aromatic nitrogens is 2. The Morgan fingerprint density at radius 3 is 2.52 bits per heavy atom. The molecule has 0 aliphatic heterocycles. The second-order valence-corrected chi connectivity index (χ2v) is 7.34. The number of carboxylic acids is 1. The van der Waals surface area contributed by atoms with Crippen LogP contribution in [0.15, 0.2) is 4.52 Å². The quantitative estimate of drug-likeness (QED) is 0.881. The van der Waals surface area contributed by atoms with Crippen LogP contribution in [-0.4, -0.2) is 27.1 Å². The van der Waals surface area contributed by atoms with Crippen LogP contribution < -0.4 is 5.32 Å². The first-order valence-corrected chi connectivity index (χ1v) is 8.05. The summed E-state index contributed by atoms with van der Waals surface area (Å²) in [5, 5.41) is 15.9. The van der Waals surface area contributed by atoms with Crippen molar-refractivity contribution in [1.82, 2.24) is 15.5 Å². The molecule has 7 nitrogen and oxygen atoms in total. The fraction of sp³-hybridized carbons (Fsp3) is 0.750. The van der Waals surface area contributed by atoms with Crippen molar-refractivity contribution in [2.45, 2.75) is 64.8 Å². The van der Waals surface area contributed by atoms with Gasteiger partial charge in [0, 0.05) is 11.3 Å². The molecule has 23 heavy (non-hydrogen) atoms. The molecule has 0 radical (unpaired) electrons. The van der Waals surface area contributed by atoms with Gasteiger partial charge in [-0.15, -0.1) is 0 Å². The van der Waals surface area contributed by atoms with Crippen molar-refractivity contribution in [3.63, 3.8) is 0 Å². The summed E-state index contributed by atoms with van der Waals surface area (Å²) >= 11 is 0. The Bertz CT molecular complexity index is 576. The largest absolute Gasteiger partial charge is 0.481 e. The van der Waals surface area contributed by atoms with Crippen LogP contribution in [0.4, 0.5) is 0 Å². The first-order valence-electron chi connectivity index (χ1n) is 8.05. The van der Waals surface area contributed by atoms with Crippen LogP contribution in [0.3, 0.4) is 0 Å². The van der Waals surface area contributed by atoms with Crippen molar-refractivity contribution in [1.29, 1.82) is 0 Å². The van der Waals surface area contributed by atoms with Gasteiger partial charge in [0.05, 0.1) is 5.92 Å². The number of carboxylic acid groups (broad SMARTS) is 1. The number of nitrogens with one attached hydrogen (secondary N) is 1. The van der Waals surface area contributed by atoms with Gasteiger partial charge in [-0.3, -0.25) is 9.59 Å². The van der Waals surface area contributed by atoms with E-state index >= 15 is 0 Å². The Morgan fingerprint density at radius 1 is 1.30 bits per heavy atom. The number of carbonyl (C=O) groups excluding carboxylic acids is 1. The zero-order chi connectivity index (χ0) is 17.2. The van der Waals surface area contributed by atoms with E-state index in [1.165, 1.54) is 0 Å². The summed E-state index contributed by atoms with van der Waals surface area (Å²) in [5.41, 5.74) is -0.219. The van der Waals surface area contributed by atoms with Gasteiger partial charge >= 0.3 is 5.97 Å². The molecule has 0 aromatic carbocycles. The van der Waals surface area contributed by atoms with Crippen molar-refractivity contribution < 1.29 is 19.2 Å². The maximum Gasteiger partial charge on any atom is 0.306 e. The zero-order valence-electron chi connectivity index (χ0n) is 14.1. The minimum Gasteiger partial charge on any atom is -0.481 e. The Balaban J connectivity index is 1.96. The van der Waals surface area contributed by atoms with Crippen LogP contribution in [0.1, 0.15) is 71.1 Å². The molecule has 1 saturated carbocycles. The van der Waals surface area contributed by atoms with Crippen LogP contribution in [0.5, 0.6) is 0 Å². The molecular weight excluding hydrogens is 298 g/mol. The Labute approximate surface area is 135 Å². The highest BCUT2D eigenvalue weighted by Gasteiger charge is 2.32. The molecule has 1 aliphatic rings. The third kappa shape index (κ3) is 4.30. The van der Waals surface area contributed by atoms with Gasteiger partial charge in [-0.2, -0.15) is 4.98 Å². The minimum absolute atomic E-state index is 0.140. The Morgan fingerprint density at radius 2 is 1.96 bits per heavy atom. The van der Waals surface area contributed by atoms with Crippen molar-refractivity contribution in [2.24, 2.45) is 11.8 Å². The van der Waals surface area contributed by atoms with E-state index in [2.05, 4.69) is 15.5 Å². The van der Waals surface area contributed by atoms with Gasteiger partial charge in [-0.05, 0) is 26.2 Å². The first kappa shape index (κ1) is 17.4. The summed E-state index contributed by atoms with van der Waals surface area (Å²) < 4.78 is 5.23. The van der Waals surface area contributed by atoms with Gasteiger partial charge in [0.25, 0.3) is 0 Å². The normalized spacial score (nSPS) is 23.3. The summed E-state index contributed by atoms with van der Waals surface area (Å²) in [5.74, 6) is -0.685. The SMILES string of the molecule is CC(NC(=O)C1CCCC(C(=O)O)C1)c1nc(C(C)(C)C)no1. The van der Waals surface area contributed by atoms with Gasteiger partial charge in [-0.1, -0.05) is 32.3 Å². The molecule has 3 unspecified atom stereocenters. The molecule has 1 amide bonds. The summed E-state index contributed by atoms with van der Waals surface area (Å²) in [6.07, 6.45) is 2.52. The van der Waals surface area contributed by atoms with E-state index in [1.54, 1.807) is 6.92 Å². The third-order valence-electron chi connectivity index (χ3n) is 4.24. The van der Waals surface area contributed by atoms with Gasteiger partial charge in [0.15, 0.2) is 5.82 Å². The van der Waals surface area contributed by atoms with Crippen LogP contribution in [-0.2, 0) is 15.0 Å². The van der Waals surface area contributed by atoms with Crippen LogP contribution in [0.2, 0.25) is 0 Å². The topological polar surface area (TPSA) is 105 Å². The highest BCUT2D eigenvalue weighted by molar-refractivity contribution is 5.80. The molecule has 1 fully saturated rings. The molecule has 0 spiro atoms.